The second-order valence-electron chi connectivity index (χ2n) is 4.85. The molecule has 0 spiro atoms. The van der Waals surface area contributed by atoms with Crippen molar-refractivity contribution in [2.45, 2.75) is 52.8 Å². The van der Waals surface area contributed by atoms with Gasteiger partial charge in [-0.3, -0.25) is 0 Å². The average molecular weight is 218 g/mol. The molecule has 0 amide bonds. The molecule has 0 saturated carbocycles. The molecule has 0 aliphatic carbocycles. The average Bonchev–Trinajstić information content (AvgIpc) is 2.21. The zero-order valence-corrected chi connectivity index (χ0v) is 11.4. The molecule has 0 saturated heterocycles. The van der Waals surface area contributed by atoms with E-state index in [0.717, 1.165) is 0 Å². The second kappa shape index (κ2) is 5.88. The summed E-state index contributed by atoms with van der Waals surface area (Å²) in [4.78, 5) is 0. The lowest BCUT2D eigenvalue weighted by Gasteiger charge is -2.32. The van der Waals surface area contributed by atoms with Gasteiger partial charge in [-0.2, -0.15) is 0 Å². The SMILES string of the molecule is CC[Si](CC)(CC)OCC(C)(C)CO. The maximum Gasteiger partial charge on any atom is 0.192 e. The highest BCUT2D eigenvalue weighted by molar-refractivity contribution is 6.73. The largest absolute Gasteiger partial charge is 0.416 e. The van der Waals surface area contributed by atoms with Crippen molar-refractivity contribution in [2.75, 3.05) is 13.2 Å². The molecule has 0 aromatic carbocycles. The summed E-state index contributed by atoms with van der Waals surface area (Å²) < 4.78 is 6.11. The number of rotatable bonds is 7. The van der Waals surface area contributed by atoms with Crippen LogP contribution in [0.5, 0.6) is 0 Å². The molecule has 2 nitrogen and oxygen atoms in total. The van der Waals surface area contributed by atoms with Crippen LogP contribution in [-0.4, -0.2) is 26.6 Å². The van der Waals surface area contributed by atoms with Crippen LogP contribution in [0.4, 0.5) is 0 Å². The van der Waals surface area contributed by atoms with E-state index < -0.39 is 8.32 Å². The van der Waals surface area contributed by atoms with Crippen LogP contribution in [0.3, 0.4) is 0 Å². The van der Waals surface area contributed by atoms with Crippen molar-refractivity contribution in [1.82, 2.24) is 0 Å². The van der Waals surface area contributed by atoms with Crippen LogP contribution in [0, 0.1) is 5.41 Å². The fourth-order valence-corrected chi connectivity index (χ4v) is 4.26. The van der Waals surface area contributed by atoms with Crippen molar-refractivity contribution in [2.24, 2.45) is 5.41 Å². The monoisotopic (exact) mass is 218 g/mol. The fourth-order valence-electron chi connectivity index (χ4n) is 1.45. The molecule has 0 aromatic rings. The van der Waals surface area contributed by atoms with Gasteiger partial charge in [0.15, 0.2) is 8.32 Å². The second-order valence-corrected chi connectivity index (χ2v) is 9.63. The smallest absolute Gasteiger partial charge is 0.192 e. The highest BCUT2D eigenvalue weighted by Gasteiger charge is 2.31. The minimum Gasteiger partial charge on any atom is -0.416 e. The van der Waals surface area contributed by atoms with E-state index in [1.54, 1.807) is 0 Å². The van der Waals surface area contributed by atoms with Gasteiger partial charge in [-0.05, 0) is 18.1 Å². The molecule has 14 heavy (non-hydrogen) atoms. The minimum atomic E-state index is -1.45. The van der Waals surface area contributed by atoms with Gasteiger partial charge in [-0.1, -0.05) is 34.6 Å². The van der Waals surface area contributed by atoms with E-state index in [9.17, 15) is 0 Å². The highest BCUT2D eigenvalue weighted by Crippen LogP contribution is 2.25. The van der Waals surface area contributed by atoms with Crippen LogP contribution in [0.25, 0.3) is 0 Å². The number of hydrogen-bond donors (Lipinski definition) is 1. The van der Waals surface area contributed by atoms with Crippen LogP contribution in [0.2, 0.25) is 18.1 Å². The van der Waals surface area contributed by atoms with E-state index >= 15 is 0 Å². The van der Waals surface area contributed by atoms with Crippen LogP contribution in [-0.2, 0) is 4.43 Å². The Bertz CT molecular complexity index is 145. The lowest BCUT2D eigenvalue weighted by atomic mass is 9.97. The zero-order valence-electron chi connectivity index (χ0n) is 10.4. The summed E-state index contributed by atoms with van der Waals surface area (Å²) in [6.07, 6.45) is 0. The molecular formula is C11H26O2Si. The molecule has 0 rings (SSSR count). The van der Waals surface area contributed by atoms with Gasteiger partial charge in [-0.15, -0.1) is 0 Å². The highest BCUT2D eigenvalue weighted by atomic mass is 28.4. The molecule has 1 N–H and O–H groups in total. The van der Waals surface area contributed by atoms with E-state index in [-0.39, 0.29) is 12.0 Å². The number of aliphatic hydroxyl groups is 1. The Kier molecular flexibility index (Phi) is 5.94. The molecule has 86 valence electrons. The van der Waals surface area contributed by atoms with Crippen LogP contribution >= 0.6 is 0 Å². The third kappa shape index (κ3) is 4.11. The molecule has 0 aromatic heterocycles. The first-order valence-corrected chi connectivity index (χ1v) is 8.23. The standard InChI is InChI=1S/C11H26O2Si/c1-6-14(7-2,8-3)13-10-11(4,5)9-12/h12H,6-10H2,1-5H3. The minimum absolute atomic E-state index is 0.0856. The number of hydrogen-bond acceptors (Lipinski definition) is 2. The van der Waals surface area contributed by atoms with Crippen molar-refractivity contribution in [3.8, 4) is 0 Å². The maximum atomic E-state index is 9.14. The maximum absolute atomic E-state index is 9.14. The summed E-state index contributed by atoms with van der Waals surface area (Å²) in [5, 5.41) is 9.14. The lowest BCUT2D eigenvalue weighted by molar-refractivity contribution is 0.0919. The van der Waals surface area contributed by atoms with Crippen molar-refractivity contribution in [1.29, 1.82) is 0 Å². The Morgan fingerprint density at radius 1 is 1.07 bits per heavy atom. The summed E-state index contributed by atoms with van der Waals surface area (Å²) in [6.45, 7) is 11.7. The summed E-state index contributed by atoms with van der Waals surface area (Å²) in [5.74, 6) is 0. The Morgan fingerprint density at radius 2 is 1.50 bits per heavy atom. The molecular weight excluding hydrogens is 192 g/mol. The lowest BCUT2D eigenvalue weighted by Crippen LogP contribution is -2.40. The van der Waals surface area contributed by atoms with Gasteiger partial charge in [0, 0.05) is 12.0 Å². The molecule has 0 aliphatic heterocycles. The van der Waals surface area contributed by atoms with Gasteiger partial charge in [-0.25, -0.2) is 0 Å². The molecule has 3 heteroatoms. The first-order chi connectivity index (χ1) is 6.45. The van der Waals surface area contributed by atoms with E-state index in [1.807, 2.05) is 13.8 Å². The Balaban J connectivity index is 4.19. The summed E-state index contributed by atoms with van der Waals surface area (Å²) in [5.41, 5.74) is -0.0856. The van der Waals surface area contributed by atoms with Crippen LogP contribution in [0.15, 0.2) is 0 Å². The summed E-state index contributed by atoms with van der Waals surface area (Å²) >= 11 is 0. The van der Waals surface area contributed by atoms with E-state index in [4.69, 9.17) is 9.53 Å². The third-order valence-electron chi connectivity index (χ3n) is 3.13. The molecule has 0 radical (unpaired) electrons. The van der Waals surface area contributed by atoms with Crippen molar-refractivity contribution in [3.05, 3.63) is 0 Å². The summed E-state index contributed by atoms with van der Waals surface area (Å²) in [6, 6.07) is 3.55. The molecule has 0 aliphatic rings. The van der Waals surface area contributed by atoms with Crippen molar-refractivity contribution in [3.63, 3.8) is 0 Å². The third-order valence-corrected chi connectivity index (χ3v) is 7.75. The van der Waals surface area contributed by atoms with Gasteiger partial charge < -0.3 is 9.53 Å². The molecule has 0 fully saturated rings. The predicted octanol–water partition coefficient (Wildman–Crippen LogP) is 3.03. The van der Waals surface area contributed by atoms with Gasteiger partial charge in [0.1, 0.15) is 0 Å². The molecule has 0 bridgehead atoms. The fraction of sp³-hybridized carbons (Fsp3) is 1.00. The quantitative estimate of drug-likeness (QED) is 0.666. The molecule has 0 unspecified atom stereocenters. The Labute approximate surface area is 89.8 Å². The van der Waals surface area contributed by atoms with E-state index in [2.05, 4.69) is 20.8 Å². The van der Waals surface area contributed by atoms with Gasteiger partial charge in [0.05, 0.1) is 6.61 Å². The predicted molar refractivity (Wildman–Crippen MR) is 64.0 cm³/mol. The normalized spacial score (nSPS) is 13.3. The molecule has 0 atom stereocenters. The zero-order chi connectivity index (χ0) is 11.2. The van der Waals surface area contributed by atoms with Crippen molar-refractivity contribution >= 4 is 8.32 Å². The van der Waals surface area contributed by atoms with Gasteiger partial charge >= 0.3 is 0 Å². The van der Waals surface area contributed by atoms with Gasteiger partial charge in [0.25, 0.3) is 0 Å². The Hall–Kier alpha value is 0.137. The van der Waals surface area contributed by atoms with Crippen LogP contribution in [0.1, 0.15) is 34.6 Å². The van der Waals surface area contributed by atoms with E-state index in [0.29, 0.717) is 6.61 Å². The number of aliphatic hydroxyl groups excluding tert-OH is 1. The molecule has 0 heterocycles. The Morgan fingerprint density at radius 3 is 1.79 bits per heavy atom. The van der Waals surface area contributed by atoms with Gasteiger partial charge in [0.2, 0.25) is 0 Å². The van der Waals surface area contributed by atoms with Crippen LogP contribution < -0.4 is 0 Å². The van der Waals surface area contributed by atoms with Crippen molar-refractivity contribution < 1.29 is 9.53 Å². The summed E-state index contributed by atoms with van der Waals surface area (Å²) in [7, 11) is -1.45. The van der Waals surface area contributed by atoms with E-state index in [1.165, 1.54) is 18.1 Å². The first kappa shape index (κ1) is 14.1. The first-order valence-electron chi connectivity index (χ1n) is 5.70. The topological polar surface area (TPSA) is 29.5 Å².